The van der Waals surface area contributed by atoms with Crippen LogP contribution in [0.4, 0.5) is 0 Å². The van der Waals surface area contributed by atoms with E-state index in [0.717, 1.165) is 0 Å². The number of hydrogen-bond acceptors (Lipinski definition) is 4. The first-order valence-corrected chi connectivity index (χ1v) is 10.1. The number of fused-ring (bicyclic) bond motifs is 1. The predicted octanol–water partition coefficient (Wildman–Crippen LogP) is 2.30. The maximum Gasteiger partial charge on any atom is 0.261 e. The maximum absolute atomic E-state index is 12.7. The molecule has 8 heteroatoms. The molecule has 1 N–H and O–H groups in total. The lowest BCUT2D eigenvalue weighted by atomic mass is 9.91. The van der Waals surface area contributed by atoms with Crippen LogP contribution in [0.1, 0.15) is 19.3 Å². The third-order valence-corrected chi connectivity index (χ3v) is 5.78. The first-order valence-electron chi connectivity index (χ1n) is 9.69. The molecule has 1 aromatic carbocycles. The third-order valence-electron chi connectivity index (χ3n) is 5.55. The lowest BCUT2D eigenvalue weighted by Crippen LogP contribution is -2.49. The van der Waals surface area contributed by atoms with Gasteiger partial charge in [-0.05, 0) is 43.2 Å². The van der Waals surface area contributed by atoms with Gasteiger partial charge in [-0.3, -0.25) is 14.2 Å². The molecular formula is C21H23ClN4O3. The van der Waals surface area contributed by atoms with Crippen molar-refractivity contribution in [2.75, 3.05) is 13.1 Å². The molecule has 2 aromatic heterocycles. The summed E-state index contributed by atoms with van der Waals surface area (Å²) in [5, 5.41) is 12.0. The van der Waals surface area contributed by atoms with Crippen molar-refractivity contribution in [1.82, 2.24) is 19.0 Å². The van der Waals surface area contributed by atoms with Crippen LogP contribution in [-0.2, 0) is 17.9 Å². The molecule has 0 spiro atoms. The fraction of sp³-hybridized carbons (Fsp3) is 0.381. The predicted molar refractivity (Wildman–Crippen MR) is 111 cm³/mol. The number of hydrogen-bond donors (Lipinski definition) is 1. The van der Waals surface area contributed by atoms with Crippen LogP contribution in [0.2, 0.25) is 5.02 Å². The van der Waals surface area contributed by atoms with Gasteiger partial charge in [0.05, 0.1) is 29.4 Å². The molecule has 3 heterocycles. The zero-order chi connectivity index (χ0) is 20.4. The van der Waals surface area contributed by atoms with Gasteiger partial charge >= 0.3 is 0 Å². The van der Waals surface area contributed by atoms with Crippen LogP contribution in [0, 0.1) is 0 Å². The van der Waals surface area contributed by atoms with Crippen LogP contribution in [0.5, 0.6) is 0 Å². The molecule has 3 aromatic rings. The van der Waals surface area contributed by atoms with Gasteiger partial charge < -0.3 is 14.6 Å². The monoisotopic (exact) mass is 414 g/mol. The van der Waals surface area contributed by atoms with Gasteiger partial charge in [-0.15, -0.1) is 0 Å². The van der Waals surface area contributed by atoms with Crippen molar-refractivity contribution in [3.05, 3.63) is 64.4 Å². The molecule has 1 saturated heterocycles. The van der Waals surface area contributed by atoms with E-state index in [1.165, 1.54) is 10.9 Å². The number of likely N-dealkylation sites (tertiary alicyclic amines) is 1. The second-order valence-corrected chi connectivity index (χ2v) is 8.05. The fourth-order valence-corrected chi connectivity index (χ4v) is 3.96. The molecule has 0 radical (unpaired) electrons. The molecular weight excluding hydrogens is 392 g/mol. The summed E-state index contributed by atoms with van der Waals surface area (Å²) in [6.07, 6.45) is 6.61. The molecule has 152 valence electrons. The Labute approximate surface area is 173 Å². The number of nitrogens with zero attached hydrogens (tertiary/aromatic N) is 4. The molecule has 1 amide bonds. The summed E-state index contributed by atoms with van der Waals surface area (Å²) in [6.45, 7) is 1.76. The van der Waals surface area contributed by atoms with E-state index in [4.69, 9.17) is 11.6 Å². The second-order valence-electron chi connectivity index (χ2n) is 7.62. The lowest BCUT2D eigenvalue weighted by Gasteiger charge is -2.38. The van der Waals surface area contributed by atoms with Crippen molar-refractivity contribution in [2.24, 2.45) is 0 Å². The number of piperidine rings is 1. The first kappa shape index (κ1) is 19.7. The molecule has 1 fully saturated rings. The van der Waals surface area contributed by atoms with Gasteiger partial charge in [-0.2, -0.15) is 0 Å². The van der Waals surface area contributed by atoms with Gasteiger partial charge in [-0.1, -0.05) is 11.6 Å². The van der Waals surface area contributed by atoms with E-state index in [1.54, 1.807) is 23.1 Å². The Balaban J connectivity index is 1.39. The maximum atomic E-state index is 12.7. The summed E-state index contributed by atoms with van der Waals surface area (Å²) in [4.78, 5) is 31.3. The van der Waals surface area contributed by atoms with Gasteiger partial charge in [0.2, 0.25) is 5.91 Å². The van der Waals surface area contributed by atoms with E-state index in [1.807, 2.05) is 29.1 Å². The van der Waals surface area contributed by atoms with Gasteiger partial charge in [0.1, 0.15) is 0 Å². The summed E-state index contributed by atoms with van der Waals surface area (Å²) in [7, 11) is 0. The molecule has 1 aliphatic heterocycles. The Hall–Kier alpha value is -2.64. The Morgan fingerprint density at radius 1 is 1.21 bits per heavy atom. The summed E-state index contributed by atoms with van der Waals surface area (Å²) in [5.74, 6) is 0.0853. The van der Waals surface area contributed by atoms with Crippen LogP contribution < -0.4 is 5.56 Å². The zero-order valence-corrected chi connectivity index (χ0v) is 16.8. The van der Waals surface area contributed by atoms with Gasteiger partial charge in [0.15, 0.2) is 0 Å². The van der Waals surface area contributed by atoms with E-state index in [-0.39, 0.29) is 18.0 Å². The standard InChI is InChI=1S/C21H23ClN4O3/c22-16-3-4-17-18(13-16)23-15-26(20(17)28)14-21(29)6-11-25(12-7-21)19(27)5-10-24-8-1-2-9-24/h1-4,8-9,13,15,29H,5-7,10-12,14H2. The van der Waals surface area contributed by atoms with Crippen molar-refractivity contribution in [2.45, 2.75) is 38.0 Å². The number of rotatable bonds is 5. The van der Waals surface area contributed by atoms with Crippen molar-refractivity contribution in [3.8, 4) is 0 Å². The number of aliphatic hydroxyl groups is 1. The topological polar surface area (TPSA) is 80.4 Å². The second kappa shape index (κ2) is 8.00. The van der Waals surface area contributed by atoms with Crippen LogP contribution in [0.3, 0.4) is 0 Å². The number of benzene rings is 1. The summed E-state index contributed by atoms with van der Waals surface area (Å²) >= 11 is 5.96. The highest BCUT2D eigenvalue weighted by molar-refractivity contribution is 6.31. The highest BCUT2D eigenvalue weighted by Crippen LogP contribution is 2.24. The quantitative estimate of drug-likeness (QED) is 0.694. The Bertz CT molecular complexity index is 1070. The van der Waals surface area contributed by atoms with Gasteiger partial charge in [0, 0.05) is 43.5 Å². The highest BCUT2D eigenvalue weighted by Gasteiger charge is 2.34. The van der Waals surface area contributed by atoms with Crippen LogP contribution in [0.15, 0.2) is 53.8 Å². The minimum Gasteiger partial charge on any atom is -0.388 e. The number of carbonyl (C=O) groups excluding carboxylic acids is 1. The summed E-state index contributed by atoms with van der Waals surface area (Å²) in [5.41, 5.74) is -0.706. The Morgan fingerprint density at radius 2 is 1.93 bits per heavy atom. The first-order chi connectivity index (χ1) is 13.9. The molecule has 0 bridgehead atoms. The van der Waals surface area contributed by atoms with Gasteiger partial charge in [0.25, 0.3) is 5.56 Å². The van der Waals surface area contributed by atoms with E-state index in [0.29, 0.717) is 54.8 Å². The summed E-state index contributed by atoms with van der Waals surface area (Å²) in [6, 6.07) is 8.83. The Morgan fingerprint density at radius 3 is 2.66 bits per heavy atom. The number of halogens is 1. The van der Waals surface area contributed by atoms with Gasteiger partial charge in [-0.25, -0.2) is 4.98 Å². The fourth-order valence-electron chi connectivity index (χ4n) is 3.79. The molecule has 0 saturated carbocycles. The van der Waals surface area contributed by atoms with Crippen molar-refractivity contribution in [3.63, 3.8) is 0 Å². The minimum atomic E-state index is -1.04. The number of aromatic nitrogens is 3. The average molecular weight is 415 g/mol. The SMILES string of the molecule is O=C(CCn1cccc1)N1CCC(O)(Cn2cnc3cc(Cl)ccc3c2=O)CC1. The normalized spacial score (nSPS) is 16.3. The molecule has 7 nitrogen and oxygen atoms in total. The number of aryl methyl sites for hydroxylation is 1. The molecule has 4 rings (SSSR count). The molecule has 1 aliphatic rings. The lowest BCUT2D eigenvalue weighted by molar-refractivity contribution is -0.136. The van der Waals surface area contributed by atoms with Crippen molar-refractivity contribution >= 4 is 28.4 Å². The average Bonchev–Trinajstić information content (AvgIpc) is 3.22. The summed E-state index contributed by atoms with van der Waals surface area (Å²) < 4.78 is 3.42. The largest absolute Gasteiger partial charge is 0.388 e. The number of carbonyl (C=O) groups is 1. The highest BCUT2D eigenvalue weighted by atomic mass is 35.5. The van der Waals surface area contributed by atoms with Crippen LogP contribution in [0.25, 0.3) is 10.9 Å². The smallest absolute Gasteiger partial charge is 0.261 e. The number of amides is 1. The van der Waals surface area contributed by atoms with E-state index in [2.05, 4.69) is 4.98 Å². The van der Waals surface area contributed by atoms with Crippen LogP contribution in [-0.4, -0.2) is 48.7 Å². The molecule has 0 atom stereocenters. The zero-order valence-electron chi connectivity index (χ0n) is 16.0. The molecule has 29 heavy (non-hydrogen) atoms. The Kier molecular flexibility index (Phi) is 5.43. The van der Waals surface area contributed by atoms with E-state index in [9.17, 15) is 14.7 Å². The minimum absolute atomic E-state index is 0.0853. The van der Waals surface area contributed by atoms with Crippen molar-refractivity contribution in [1.29, 1.82) is 0 Å². The van der Waals surface area contributed by atoms with E-state index >= 15 is 0 Å². The van der Waals surface area contributed by atoms with E-state index < -0.39 is 5.60 Å². The third kappa shape index (κ3) is 4.36. The molecule has 0 aliphatic carbocycles. The van der Waals surface area contributed by atoms with Crippen LogP contribution >= 0.6 is 11.6 Å². The molecule has 0 unspecified atom stereocenters. The van der Waals surface area contributed by atoms with Crippen molar-refractivity contribution < 1.29 is 9.90 Å².